The minimum absolute atomic E-state index is 1.05. The Labute approximate surface area is 113 Å². The van der Waals surface area contributed by atoms with Crippen molar-refractivity contribution < 1.29 is 0 Å². The van der Waals surface area contributed by atoms with Crippen molar-refractivity contribution in [2.75, 3.05) is 0 Å². The fourth-order valence-corrected chi connectivity index (χ4v) is 2.32. The van der Waals surface area contributed by atoms with Crippen molar-refractivity contribution >= 4 is 0 Å². The van der Waals surface area contributed by atoms with Crippen LogP contribution in [0.15, 0.2) is 60.7 Å². The maximum absolute atomic E-state index is 4.50. The molecule has 94 valence electrons. The first kappa shape index (κ1) is 11.7. The van der Waals surface area contributed by atoms with E-state index < -0.39 is 0 Å². The van der Waals surface area contributed by atoms with Crippen LogP contribution in [-0.2, 0) is 0 Å². The molecule has 1 aromatic heterocycles. The average molecular weight is 248 g/mol. The molecule has 0 saturated carbocycles. The molecule has 0 saturated heterocycles. The average Bonchev–Trinajstić information content (AvgIpc) is 2.79. The Morgan fingerprint density at radius 1 is 0.789 bits per heavy atom. The van der Waals surface area contributed by atoms with E-state index in [1.165, 1.54) is 11.1 Å². The number of aryl methyl sites for hydroxylation is 2. The Morgan fingerprint density at radius 2 is 1.42 bits per heavy atom. The molecule has 0 amide bonds. The van der Waals surface area contributed by atoms with Crippen LogP contribution in [0.3, 0.4) is 0 Å². The second kappa shape index (κ2) is 4.73. The lowest BCUT2D eigenvalue weighted by atomic mass is 10.1. The summed E-state index contributed by atoms with van der Waals surface area (Å²) in [7, 11) is 0. The molecule has 2 heteroatoms. The Kier molecular flexibility index (Phi) is 2.92. The van der Waals surface area contributed by atoms with Crippen molar-refractivity contribution in [1.82, 2.24) is 9.78 Å². The fraction of sp³-hybridized carbons (Fsp3) is 0.118. The first-order valence-electron chi connectivity index (χ1n) is 6.43. The van der Waals surface area contributed by atoms with Crippen molar-refractivity contribution in [2.24, 2.45) is 0 Å². The maximum Gasteiger partial charge on any atom is 0.0649 e. The van der Waals surface area contributed by atoms with Gasteiger partial charge in [0.25, 0.3) is 0 Å². The van der Waals surface area contributed by atoms with E-state index >= 15 is 0 Å². The summed E-state index contributed by atoms with van der Waals surface area (Å²) >= 11 is 0. The van der Waals surface area contributed by atoms with E-state index in [-0.39, 0.29) is 0 Å². The lowest BCUT2D eigenvalue weighted by molar-refractivity contribution is 0.834. The molecular formula is C17H16N2. The van der Waals surface area contributed by atoms with Crippen LogP contribution in [0.4, 0.5) is 0 Å². The van der Waals surface area contributed by atoms with Crippen LogP contribution in [0.2, 0.25) is 0 Å². The Hall–Kier alpha value is -2.35. The first-order valence-corrected chi connectivity index (χ1v) is 6.43. The van der Waals surface area contributed by atoms with Gasteiger partial charge in [-0.3, -0.25) is 0 Å². The predicted molar refractivity (Wildman–Crippen MR) is 78.5 cm³/mol. The highest BCUT2D eigenvalue weighted by Gasteiger charge is 2.04. The third-order valence-electron chi connectivity index (χ3n) is 3.23. The standard InChI is InChI=1S/C17H16N2/c1-13-12-14(2)19(18-13)17-10-8-16(9-11-17)15-6-4-3-5-7-15/h3-12H,1-2H3. The molecular weight excluding hydrogens is 232 g/mol. The van der Waals surface area contributed by atoms with Crippen LogP contribution in [0.5, 0.6) is 0 Å². The third kappa shape index (κ3) is 2.29. The molecule has 3 aromatic rings. The van der Waals surface area contributed by atoms with Crippen LogP contribution in [0.1, 0.15) is 11.4 Å². The summed E-state index contributed by atoms with van der Waals surface area (Å²) in [4.78, 5) is 0. The minimum Gasteiger partial charge on any atom is -0.238 e. The lowest BCUT2D eigenvalue weighted by Crippen LogP contribution is -1.98. The van der Waals surface area contributed by atoms with Crippen molar-refractivity contribution in [3.05, 3.63) is 72.1 Å². The van der Waals surface area contributed by atoms with E-state index in [1.54, 1.807) is 0 Å². The fourth-order valence-electron chi connectivity index (χ4n) is 2.32. The summed E-state index contributed by atoms with van der Waals surface area (Å²) in [5, 5.41) is 4.50. The van der Waals surface area contributed by atoms with Gasteiger partial charge < -0.3 is 0 Å². The topological polar surface area (TPSA) is 17.8 Å². The van der Waals surface area contributed by atoms with Crippen LogP contribution >= 0.6 is 0 Å². The van der Waals surface area contributed by atoms with Crippen LogP contribution in [-0.4, -0.2) is 9.78 Å². The van der Waals surface area contributed by atoms with E-state index in [9.17, 15) is 0 Å². The summed E-state index contributed by atoms with van der Waals surface area (Å²) in [5.74, 6) is 0. The highest BCUT2D eigenvalue weighted by molar-refractivity contribution is 5.64. The molecule has 0 aliphatic heterocycles. The number of hydrogen-bond donors (Lipinski definition) is 0. The van der Waals surface area contributed by atoms with Gasteiger partial charge in [-0.05, 0) is 43.2 Å². The molecule has 2 aromatic carbocycles. The molecule has 0 N–H and O–H groups in total. The summed E-state index contributed by atoms with van der Waals surface area (Å²) in [6, 6.07) is 21.0. The molecule has 0 radical (unpaired) electrons. The largest absolute Gasteiger partial charge is 0.238 e. The van der Waals surface area contributed by atoms with E-state index in [1.807, 2.05) is 17.7 Å². The summed E-state index contributed by atoms with van der Waals surface area (Å²) in [6.45, 7) is 4.09. The Morgan fingerprint density at radius 3 is 2.00 bits per heavy atom. The number of hydrogen-bond acceptors (Lipinski definition) is 1. The van der Waals surface area contributed by atoms with Gasteiger partial charge in [-0.25, -0.2) is 4.68 Å². The van der Waals surface area contributed by atoms with Crippen molar-refractivity contribution in [2.45, 2.75) is 13.8 Å². The summed E-state index contributed by atoms with van der Waals surface area (Å²) in [5.41, 5.74) is 5.77. The third-order valence-corrected chi connectivity index (χ3v) is 3.23. The number of nitrogens with zero attached hydrogens (tertiary/aromatic N) is 2. The van der Waals surface area contributed by atoms with Crippen molar-refractivity contribution in [3.8, 4) is 16.8 Å². The van der Waals surface area contributed by atoms with Gasteiger partial charge in [0, 0.05) is 5.69 Å². The highest BCUT2D eigenvalue weighted by atomic mass is 15.3. The maximum atomic E-state index is 4.50. The number of benzene rings is 2. The molecule has 2 nitrogen and oxygen atoms in total. The van der Waals surface area contributed by atoms with Gasteiger partial charge in [-0.1, -0.05) is 42.5 Å². The van der Waals surface area contributed by atoms with E-state index in [0.29, 0.717) is 0 Å². The van der Waals surface area contributed by atoms with Crippen molar-refractivity contribution in [1.29, 1.82) is 0 Å². The predicted octanol–water partition coefficient (Wildman–Crippen LogP) is 4.16. The quantitative estimate of drug-likeness (QED) is 0.666. The summed E-state index contributed by atoms with van der Waals surface area (Å²) < 4.78 is 1.98. The molecule has 0 spiro atoms. The molecule has 3 rings (SSSR count). The van der Waals surface area contributed by atoms with Crippen LogP contribution in [0, 0.1) is 13.8 Å². The Bertz CT molecular complexity index is 679. The van der Waals surface area contributed by atoms with Gasteiger partial charge in [-0.15, -0.1) is 0 Å². The molecule has 0 unspecified atom stereocenters. The molecule has 0 atom stereocenters. The van der Waals surface area contributed by atoms with Crippen LogP contribution in [0.25, 0.3) is 16.8 Å². The molecule has 1 heterocycles. The van der Waals surface area contributed by atoms with E-state index in [2.05, 4.69) is 66.6 Å². The van der Waals surface area contributed by atoms with Gasteiger partial charge in [-0.2, -0.15) is 5.10 Å². The van der Waals surface area contributed by atoms with E-state index in [4.69, 9.17) is 0 Å². The van der Waals surface area contributed by atoms with Gasteiger partial charge in [0.1, 0.15) is 0 Å². The van der Waals surface area contributed by atoms with E-state index in [0.717, 1.165) is 17.1 Å². The zero-order valence-electron chi connectivity index (χ0n) is 11.2. The smallest absolute Gasteiger partial charge is 0.0649 e. The van der Waals surface area contributed by atoms with Crippen molar-refractivity contribution in [3.63, 3.8) is 0 Å². The summed E-state index contributed by atoms with van der Waals surface area (Å²) in [6.07, 6.45) is 0. The zero-order valence-corrected chi connectivity index (χ0v) is 11.2. The van der Waals surface area contributed by atoms with Gasteiger partial charge in [0.05, 0.1) is 11.4 Å². The normalized spacial score (nSPS) is 10.6. The SMILES string of the molecule is Cc1cc(C)n(-c2ccc(-c3ccccc3)cc2)n1. The minimum atomic E-state index is 1.05. The van der Waals surface area contributed by atoms with Crippen LogP contribution < -0.4 is 0 Å². The lowest BCUT2D eigenvalue weighted by Gasteiger charge is -2.06. The van der Waals surface area contributed by atoms with Gasteiger partial charge >= 0.3 is 0 Å². The highest BCUT2D eigenvalue weighted by Crippen LogP contribution is 2.21. The monoisotopic (exact) mass is 248 g/mol. The zero-order chi connectivity index (χ0) is 13.2. The second-order valence-corrected chi connectivity index (χ2v) is 4.75. The number of aromatic nitrogens is 2. The molecule has 0 aliphatic carbocycles. The van der Waals surface area contributed by atoms with Gasteiger partial charge in [0.2, 0.25) is 0 Å². The molecule has 0 bridgehead atoms. The molecule has 0 aliphatic rings. The first-order chi connectivity index (χ1) is 9.24. The molecule has 0 fully saturated rings. The second-order valence-electron chi connectivity index (χ2n) is 4.75. The Balaban J connectivity index is 1.98. The molecule has 19 heavy (non-hydrogen) atoms. The number of rotatable bonds is 2. The van der Waals surface area contributed by atoms with Gasteiger partial charge in [0.15, 0.2) is 0 Å².